The maximum absolute atomic E-state index is 12.1. The first-order chi connectivity index (χ1) is 15.0. The summed E-state index contributed by atoms with van der Waals surface area (Å²) in [4.78, 5) is 16.5. The Morgan fingerprint density at radius 1 is 1.16 bits per heavy atom. The van der Waals surface area contributed by atoms with Crippen molar-refractivity contribution >= 4 is 23.5 Å². The molecule has 0 aliphatic carbocycles. The highest BCUT2D eigenvalue weighted by Gasteiger charge is 2.31. The van der Waals surface area contributed by atoms with Gasteiger partial charge in [0.1, 0.15) is 11.7 Å². The van der Waals surface area contributed by atoms with E-state index in [1.165, 1.54) is 5.56 Å². The fraction of sp³-hybridized carbons (Fsp3) is 0.500. The summed E-state index contributed by atoms with van der Waals surface area (Å²) in [6, 6.07) is 8.47. The Morgan fingerprint density at radius 3 is 2.25 bits per heavy atom. The zero-order valence-corrected chi connectivity index (χ0v) is 20.5. The second-order valence-electron chi connectivity index (χ2n) is 9.42. The lowest BCUT2D eigenvalue weighted by atomic mass is 9.85. The highest BCUT2D eigenvalue weighted by atomic mass is 16.7. The summed E-state index contributed by atoms with van der Waals surface area (Å²) >= 11 is 0. The number of aromatic nitrogens is 2. The molecule has 0 fully saturated rings. The molecule has 1 aliphatic rings. The van der Waals surface area contributed by atoms with Gasteiger partial charge in [-0.2, -0.15) is 5.10 Å². The number of benzene rings is 1. The van der Waals surface area contributed by atoms with Gasteiger partial charge < -0.3 is 9.47 Å². The molecule has 0 radical (unpaired) electrons. The van der Waals surface area contributed by atoms with E-state index in [2.05, 4.69) is 55.1 Å². The zero-order valence-electron chi connectivity index (χ0n) is 20.5. The van der Waals surface area contributed by atoms with Crippen molar-refractivity contribution in [2.45, 2.75) is 79.1 Å². The van der Waals surface area contributed by atoms with Crippen LogP contribution >= 0.6 is 0 Å². The van der Waals surface area contributed by atoms with E-state index in [9.17, 15) is 4.79 Å². The van der Waals surface area contributed by atoms with Crippen LogP contribution in [-0.4, -0.2) is 34.3 Å². The smallest absolute Gasteiger partial charge is 0.308 e. The van der Waals surface area contributed by atoms with Crippen LogP contribution in [0.1, 0.15) is 75.5 Å². The van der Waals surface area contributed by atoms with Crippen LogP contribution in [0.25, 0.3) is 11.3 Å². The van der Waals surface area contributed by atoms with Gasteiger partial charge in [0.15, 0.2) is 5.76 Å². The SMILES string of the molecule is CCCC(=O)OC(C)O/C(=C(\c1ccc(C(C)(C)C)cc1)C1C=N1)c1c(C)c(C)nn1C. The number of aryl methyl sites for hydroxylation is 2. The number of esters is 1. The fourth-order valence-corrected chi connectivity index (χ4v) is 3.74. The summed E-state index contributed by atoms with van der Waals surface area (Å²) in [5.74, 6) is 0.379. The summed E-state index contributed by atoms with van der Waals surface area (Å²) in [7, 11) is 1.90. The van der Waals surface area contributed by atoms with Crippen LogP contribution in [0.2, 0.25) is 0 Å². The second-order valence-corrected chi connectivity index (χ2v) is 9.42. The lowest BCUT2D eigenvalue weighted by Crippen LogP contribution is -2.20. The van der Waals surface area contributed by atoms with E-state index in [4.69, 9.17) is 9.47 Å². The van der Waals surface area contributed by atoms with Gasteiger partial charge in [-0.15, -0.1) is 0 Å². The van der Waals surface area contributed by atoms with Crippen molar-refractivity contribution in [3.8, 4) is 0 Å². The molecule has 0 saturated heterocycles. The van der Waals surface area contributed by atoms with Gasteiger partial charge in [0.2, 0.25) is 6.29 Å². The Bertz CT molecular complexity index is 1030. The molecule has 172 valence electrons. The number of rotatable bonds is 8. The molecule has 32 heavy (non-hydrogen) atoms. The lowest BCUT2D eigenvalue weighted by Gasteiger charge is -2.23. The minimum Gasteiger partial charge on any atom is -0.452 e. The minimum atomic E-state index is -0.735. The molecule has 1 aromatic carbocycles. The van der Waals surface area contributed by atoms with E-state index in [-0.39, 0.29) is 17.4 Å². The van der Waals surface area contributed by atoms with E-state index in [1.54, 1.807) is 6.92 Å². The Morgan fingerprint density at radius 2 is 1.78 bits per heavy atom. The quantitative estimate of drug-likeness (QED) is 0.317. The maximum Gasteiger partial charge on any atom is 0.308 e. The molecule has 2 unspecified atom stereocenters. The highest BCUT2D eigenvalue weighted by molar-refractivity contribution is 6.04. The normalized spacial score (nSPS) is 17.1. The molecule has 0 spiro atoms. The predicted octanol–water partition coefficient (Wildman–Crippen LogP) is 5.36. The molecule has 1 aromatic heterocycles. The molecule has 2 heterocycles. The van der Waals surface area contributed by atoms with Crippen LogP contribution in [0.15, 0.2) is 29.3 Å². The summed E-state index contributed by atoms with van der Waals surface area (Å²) in [5, 5.41) is 4.59. The summed E-state index contributed by atoms with van der Waals surface area (Å²) in [6.07, 6.45) is 2.27. The van der Waals surface area contributed by atoms with Crippen LogP contribution in [-0.2, 0) is 26.7 Å². The van der Waals surface area contributed by atoms with Crippen LogP contribution < -0.4 is 0 Å². The van der Waals surface area contributed by atoms with Gasteiger partial charge in [0.25, 0.3) is 0 Å². The standard InChI is InChI=1S/C26H35N3O3/c1-9-10-22(30)31-18(4)32-25(24-16(2)17(3)28-29(24)8)23(21-15-27-21)19-11-13-20(14-12-19)26(5,6)7/h11-15,18,21H,9-10H2,1-8H3/b25-23+. The zero-order chi connectivity index (χ0) is 23.6. The molecule has 0 saturated carbocycles. The molecule has 3 rings (SSSR count). The van der Waals surface area contributed by atoms with Crippen molar-refractivity contribution in [1.82, 2.24) is 9.78 Å². The lowest BCUT2D eigenvalue weighted by molar-refractivity contribution is -0.164. The molecular formula is C26H35N3O3. The second kappa shape index (κ2) is 9.31. The molecule has 2 aromatic rings. The Hall–Kier alpha value is -2.89. The van der Waals surface area contributed by atoms with Gasteiger partial charge in [-0.1, -0.05) is 52.0 Å². The summed E-state index contributed by atoms with van der Waals surface area (Å²) in [6.45, 7) is 14.3. The van der Waals surface area contributed by atoms with Crippen LogP contribution in [0, 0.1) is 13.8 Å². The van der Waals surface area contributed by atoms with E-state index in [0.717, 1.165) is 34.5 Å². The first-order valence-corrected chi connectivity index (χ1v) is 11.3. The fourth-order valence-electron chi connectivity index (χ4n) is 3.74. The highest BCUT2D eigenvalue weighted by Crippen LogP contribution is 2.37. The third-order valence-electron chi connectivity index (χ3n) is 5.67. The molecule has 0 N–H and O–H groups in total. The van der Waals surface area contributed by atoms with E-state index in [0.29, 0.717) is 12.2 Å². The maximum atomic E-state index is 12.1. The molecule has 1 aliphatic heterocycles. The largest absolute Gasteiger partial charge is 0.452 e. The molecule has 0 amide bonds. The van der Waals surface area contributed by atoms with Gasteiger partial charge in [-0.3, -0.25) is 14.5 Å². The third-order valence-corrected chi connectivity index (χ3v) is 5.67. The minimum absolute atomic E-state index is 0.0650. The van der Waals surface area contributed by atoms with Gasteiger partial charge in [-0.25, -0.2) is 0 Å². The Balaban J connectivity index is 2.10. The van der Waals surface area contributed by atoms with Gasteiger partial charge in [0.05, 0.1) is 5.69 Å². The first-order valence-electron chi connectivity index (χ1n) is 11.3. The summed E-state index contributed by atoms with van der Waals surface area (Å²) in [5.41, 5.74) is 6.13. The number of carbonyl (C=O) groups is 1. The Kier molecular flexibility index (Phi) is 6.91. The number of ether oxygens (including phenoxy) is 2. The average molecular weight is 438 g/mol. The first kappa shape index (κ1) is 23.8. The number of aliphatic imine (C=N–C) groups is 1. The van der Waals surface area contributed by atoms with Gasteiger partial charge >= 0.3 is 5.97 Å². The predicted molar refractivity (Wildman–Crippen MR) is 128 cm³/mol. The summed E-state index contributed by atoms with van der Waals surface area (Å²) < 4.78 is 13.7. The van der Waals surface area contributed by atoms with E-state index < -0.39 is 6.29 Å². The third kappa shape index (κ3) is 5.29. The van der Waals surface area contributed by atoms with Crippen molar-refractivity contribution < 1.29 is 14.3 Å². The van der Waals surface area contributed by atoms with Gasteiger partial charge in [0, 0.05) is 37.7 Å². The van der Waals surface area contributed by atoms with Crippen molar-refractivity contribution in [2.75, 3.05) is 0 Å². The number of nitrogens with zero attached hydrogens (tertiary/aromatic N) is 3. The Labute approximate surface area is 191 Å². The van der Waals surface area contributed by atoms with Crippen molar-refractivity contribution in [3.05, 3.63) is 52.3 Å². The number of carbonyl (C=O) groups excluding carboxylic acids is 1. The number of hydrogen-bond donors (Lipinski definition) is 0. The van der Waals surface area contributed by atoms with E-state index in [1.807, 2.05) is 38.7 Å². The molecule has 6 heteroatoms. The monoisotopic (exact) mass is 437 g/mol. The number of hydrogen-bond acceptors (Lipinski definition) is 5. The van der Waals surface area contributed by atoms with Gasteiger partial charge in [-0.05, 0) is 36.8 Å². The van der Waals surface area contributed by atoms with Crippen molar-refractivity contribution in [1.29, 1.82) is 0 Å². The average Bonchev–Trinajstić information content (AvgIpc) is 3.48. The molecule has 2 atom stereocenters. The van der Waals surface area contributed by atoms with Crippen molar-refractivity contribution in [3.63, 3.8) is 0 Å². The van der Waals surface area contributed by atoms with Crippen molar-refractivity contribution in [2.24, 2.45) is 12.0 Å². The molecular weight excluding hydrogens is 402 g/mol. The van der Waals surface area contributed by atoms with Crippen LogP contribution in [0.5, 0.6) is 0 Å². The molecule has 0 bridgehead atoms. The van der Waals surface area contributed by atoms with Crippen LogP contribution in [0.3, 0.4) is 0 Å². The topological polar surface area (TPSA) is 65.7 Å². The van der Waals surface area contributed by atoms with Crippen LogP contribution in [0.4, 0.5) is 0 Å². The van der Waals surface area contributed by atoms with E-state index >= 15 is 0 Å². The molecule has 6 nitrogen and oxygen atoms in total.